The molecule has 6 nitrogen and oxygen atoms in total. The first-order chi connectivity index (χ1) is 12.4. The summed E-state index contributed by atoms with van der Waals surface area (Å²) < 4.78 is 45.3. The molecule has 3 rings (SSSR count). The molecular weight excluding hydrogens is 359 g/mol. The summed E-state index contributed by atoms with van der Waals surface area (Å²) >= 11 is 0. The highest BCUT2D eigenvalue weighted by atomic mass is 32.2. The predicted octanol–water partition coefficient (Wildman–Crippen LogP) is 2.44. The van der Waals surface area contributed by atoms with Gasteiger partial charge < -0.3 is 9.73 Å². The summed E-state index contributed by atoms with van der Waals surface area (Å²) in [6.45, 7) is 2.37. The molecule has 1 aliphatic heterocycles. The zero-order valence-electron chi connectivity index (χ0n) is 14.4. The molecule has 8 heteroatoms. The topological polar surface area (TPSA) is 79.6 Å². The fourth-order valence-corrected chi connectivity index (χ4v) is 4.57. The second kappa shape index (κ2) is 7.59. The number of sulfonamides is 1. The highest BCUT2D eigenvalue weighted by Gasteiger charge is 2.32. The summed E-state index contributed by atoms with van der Waals surface area (Å²) in [7, 11) is -3.68. The molecule has 0 saturated carbocycles. The normalized spacial score (nSPS) is 16.5. The first-order valence-electron chi connectivity index (χ1n) is 8.44. The van der Waals surface area contributed by atoms with Crippen molar-refractivity contribution >= 4 is 15.9 Å². The number of amides is 1. The maximum Gasteiger partial charge on any atom is 0.243 e. The molecule has 1 N–H and O–H groups in total. The lowest BCUT2D eigenvalue weighted by atomic mass is 9.97. The number of furan rings is 1. The number of hydrogen-bond donors (Lipinski definition) is 1. The van der Waals surface area contributed by atoms with Gasteiger partial charge in [-0.15, -0.1) is 0 Å². The fraction of sp³-hybridized carbons (Fsp3) is 0.389. The van der Waals surface area contributed by atoms with E-state index in [9.17, 15) is 17.6 Å². The first kappa shape index (κ1) is 18.6. The average molecular weight is 380 g/mol. The van der Waals surface area contributed by atoms with Crippen LogP contribution in [0.4, 0.5) is 4.39 Å². The number of rotatable bonds is 5. The number of nitrogens with zero attached hydrogens (tertiary/aromatic N) is 1. The lowest BCUT2D eigenvalue weighted by Gasteiger charge is -2.30. The molecular formula is C18H21FN2O4S. The molecule has 140 valence electrons. The zero-order chi connectivity index (χ0) is 18.7. The van der Waals surface area contributed by atoms with Gasteiger partial charge >= 0.3 is 0 Å². The van der Waals surface area contributed by atoms with Crippen molar-refractivity contribution < 1.29 is 22.0 Å². The molecule has 0 aliphatic carbocycles. The molecule has 1 fully saturated rings. The van der Waals surface area contributed by atoms with Crippen molar-refractivity contribution in [3.05, 3.63) is 53.7 Å². The predicted molar refractivity (Wildman–Crippen MR) is 93.2 cm³/mol. The lowest BCUT2D eigenvalue weighted by Crippen LogP contribution is -2.42. The van der Waals surface area contributed by atoms with Gasteiger partial charge in [-0.1, -0.05) is 0 Å². The maximum absolute atomic E-state index is 13.4. The van der Waals surface area contributed by atoms with Crippen LogP contribution in [-0.4, -0.2) is 31.7 Å². The molecule has 0 radical (unpaired) electrons. The molecule has 0 atom stereocenters. The Bertz CT molecular complexity index is 873. The smallest absolute Gasteiger partial charge is 0.243 e. The maximum atomic E-state index is 13.4. The Morgan fingerprint density at radius 2 is 2.04 bits per heavy atom. The summed E-state index contributed by atoms with van der Waals surface area (Å²) in [5.41, 5.74) is 0.290. The Morgan fingerprint density at radius 1 is 1.31 bits per heavy atom. The van der Waals surface area contributed by atoms with E-state index < -0.39 is 15.8 Å². The monoisotopic (exact) mass is 380 g/mol. The summed E-state index contributed by atoms with van der Waals surface area (Å²) in [5.74, 6) is -0.0941. The van der Waals surface area contributed by atoms with E-state index in [1.807, 2.05) is 0 Å². The molecule has 1 aromatic carbocycles. The third kappa shape index (κ3) is 3.96. The van der Waals surface area contributed by atoms with E-state index in [0.29, 0.717) is 30.7 Å². The van der Waals surface area contributed by atoms with Crippen molar-refractivity contribution in [2.75, 3.05) is 13.1 Å². The van der Waals surface area contributed by atoms with E-state index >= 15 is 0 Å². The van der Waals surface area contributed by atoms with E-state index in [0.717, 1.165) is 6.07 Å². The van der Waals surface area contributed by atoms with Gasteiger partial charge in [0.05, 0.1) is 17.7 Å². The van der Waals surface area contributed by atoms with E-state index in [4.69, 9.17) is 4.42 Å². The minimum atomic E-state index is -3.68. The molecule has 0 unspecified atom stereocenters. The van der Waals surface area contributed by atoms with E-state index in [2.05, 4.69) is 5.32 Å². The van der Waals surface area contributed by atoms with Crippen LogP contribution < -0.4 is 5.32 Å². The number of nitrogens with one attached hydrogen (secondary N) is 1. The second-order valence-electron chi connectivity index (χ2n) is 6.39. The van der Waals surface area contributed by atoms with Gasteiger partial charge in [-0.3, -0.25) is 4.79 Å². The van der Waals surface area contributed by atoms with Gasteiger partial charge in [0, 0.05) is 19.0 Å². The third-order valence-corrected chi connectivity index (χ3v) is 6.50. The largest absolute Gasteiger partial charge is 0.467 e. The van der Waals surface area contributed by atoms with Crippen LogP contribution in [0.25, 0.3) is 0 Å². The summed E-state index contributed by atoms with van der Waals surface area (Å²) in [4.78, 5) is 12.3. The van der Waals surface area contributed by atoms with Crippen LogP contribution in [0.3, 0.4) is 0 Å². The molecule has 1 aliphatic rings. The van der Waals surface area contributed by atoms with Gasteiger partial charge in [-0.25, -0.2) is 12.8 Å². The van der Waals surface area contributed by atoms with Crippen LogP contribution in [0.15, 0.2) is 45.9 Å². The SMILES string of the molecule is Cc1cc(S(=O)(=O)N2CCC(C(=O)NCc3ccco3)CC2)ccc1F. The van der Waals surface area contributed by atoms with Gasteiger partial charge in [0.25, 0.3) is 0 Å². The number of halogens is 1. The Kier molecular flexibility index (Phi) is 5.43. The quantitative estimate of drug-likeness (QED) is 0.864. The van der Waals surface area contributed by atoms with Gasteiger partial charge in [-0.05, 0) is 55.7 Å². The van der Waals surface area contributed by atoms with E-state index in [1.54, 1.807) is 18.4 Å². The Labute approximate surface area is 152 Å². The van der Waals surface area contributed by atoms with E-state index in [1.165, 1.54) is 23.4 Å². The Hall–Kier alpha value is -2.19. The Morgan fingerprint density at radius 3 is 2.65 bits per heavy atom. The number of hydrogen-bond acceptors (Lipinski definition) is 4. The van der Waals surface area contributed by atoms with Crippen LogP contribution in [0.1, 0.15) is 24.2 Å². The minimum Gasteiger partial charge on any atom is -0.467 e. The summed E-state index contributed by atoms with van der Waals surface area (Å²) in [6.07, 6.45) is 2.44. The highest BCUT2D eigenvalue weighted by Crippen LogP contribution is 2.25. The number of carbonyl (C=O) groups excluding carboxylic acids is 1. The van der Waals surface area contributed by atoms with Gasteiger partial charge in [0.1, 0.15) is 11.6 Å². The number of aryl methyl sites for hydroxylation is 1. The number of piperidine rings is 1. The van der Waals surface area contributed by atoms with Gasteiger partial charge in [0.15, 0.2) is 0 Å². The summed E-state index contributed by atoms with van der Waals surface area (Å²) in [5, 5.41) is 2.81. The molecule has 1 saturated heterocycles. The minimum absolute atomic E-state index is 0.0807. The van der Waals surface area contributed by atoms with Gasteiger partial charge in [0.2, 0.25) is 15.9 Å². The number of benzene rings is 1. The molecule has 1 amide bonds. The molecule has 26 heavy (non-hydrogen) atoms. The van der Waals surface area contributed by atoms with Crippen LogP contribution >= 0.6 is 0 Å². The van der Waals surface area contributed by atoms with Crippen LogP contribution in [0.2, 0.25) is 0 Å². The Balaban J connectivity index is 1.58. The highest BCUT2D eigenvalue weighted by molar-refractivity contribution is 7.89. The lowest BCUT2D eigenvalue weighted by molar-refractivity contribution is -0.126. The zero-order valence-corrected chi connectivity index (χ0v) is 15.3. The van der Waals surface area contributed by atoms with Crippen molar-refractivity contribution in [2.45, 2.75) is 31.2 Å². The molecule has 1 aromatic heterocycles. The van der Waals surface area contributed by atoms with Crippen LogP contribution in [0, 0.1) is 18.7 Å². The molecule has 0 bridgehead atoms. The fourth-order valence-electron chi connectivity index (χ4n) is 3.02. The van der Waals surface area contributed by atoms with Crippen molar-refractivity contribution in [2.24, 2.45) is 5.92 Å². The van der Waals surface area contributed by atoms with Crippen molar-refractivity contribution in [3.63, 3.8) is 0 Å². The van der Waals surface area contributed by atoms with Crippen LogP contribution in [-0.2, 0) is 21.4 Å². The third-order valence-electron chi connectivity index (χ3n) is 4.61. The van der Waals surface area contributed by atoms with Crippen molar-refractivity contribution in [3.8, 4) is 0 Å². The second-order valence-corrected chi connectivity index (χ2v) is 8.32. The van der Waals surface area contributed by atoms with Crippen LogP contribution in [0.5, 0.6) is 0 Å². The standard InChI is InChI=1S/C18H21FN2O4S/c1-13-11-16(4-5-17(13)19)26(23,24)21-8-6-14(7-9-21)18(22)20-12-15-3-2-10-25-15/h2-5,10-11,14H,6-9,12H2,1H3,(H,20,22). The van der Waals surface area contributed by atoms with Crippen molar-refractivity contribution in [1.29, 1.82) is 0 Å². The first-order valence-corrected chi connectivity index (χ1v) is 9.88. The average Bonchev–Trinajstić information content (AvgIpc) is 3.15. The van der Waals surface area contributed by atoms with Crippen molar-refractivity contribution in [1.82, 2.24) is 9.62 Å². The summed E-state index contributed by atoms with van der Waals surface area (Å²) in [6, 6.07) is 7.31. The molecule has 2 heterocycles. The molecule has 2 aromatic rings. The van der Waals surface area contributed by atoms with Gasteiger partial charge in [-0.2, -0.15) is 4.31 Å². The van der Waals surface area contributed by atoms with E-state index in [-0.39, 0.29) is 29.8 Å². The molecule has 0 spiro atoms. The number of carbonyl (C=O) groups is 1.